The van der Waals surface area contributed by atoms with Gasteiger partial charge in [-0.05, 0) is 39.7 Å². The summed E-state index contributed by atoms with van der Waals surface area (Å²) in [6.45, 7) is 10.5. The molecule has 1 atom stereocenters. The van der Waals surface area contributed by atoms with Crippen LogP contribution in [0.4, 0.5) is 0 Å². The van der Waals surface area contributed by atoms with Crippen LogP contribution in [0.1, 0.15) is 72.6 Å². The largest absolute Gasteiger partial charge is 0.330 e. The molecular weight excluding hydrogens is 266 g/mol. The Morgan fingerprint density at radius 3 is 1.76 bits per heavy atom. The highest BCUT2D eigenvalue weighted by atomic mass is 16.9. The zero-order valence-corrected chi connectivity index (χ0v) is 14.7. The third-order valence-corrected chi connectivity index (χ3v) is 3.68. The van der Waals surface area contributed by atoms with Gasteiger partial charge >= 0.3 is 0 Å². The smallest absolute Gasteiger partial charge is 0.283 e. The number of hydrogen-bond acceptors (Lipinski definition) is 4. The molecule has 0 aliphatic carbocycles. The van der Waals surface area contributed by atoms with Crippen molar-refractivity contribution in [2.75, 3.05) is 26.4 Å². The van der Waals surface area contributed by atoms with Gasteiger partial charge < -0.3 is 19.9 Å². The highest BCUT2D eigenvalue weighted by molar-refractivity contribution is 4.69. The van der Waals surface area contributed by atoms with Crippen LogP contribution < -0.4 is 5.73 Å². The summed E-state index contributed by atoms with van der Waals surface area (Å²) in [6.07, 6.45) is 8.28. The Bertz CT molecular complexity index is 207. The van der Waals surface area contributed by atoms with Crippen LogP contribution in [0.5, 0.6) is 0 Å². The van der Waals surface area contributed by atoms with Gasteiger partial charge in [0.05, 0.1) is 0 Å². The molecule has 0 saturated heterocycles. The van der Waals surface area contributed by atoms with Crippen molar-refractivity contribution >= 4 is 0 Å². The van der Waals surface area contributed by atoms with Gasteiger partial charge in [0, 0.05) is 26.2 Å². The molecule has 0 aromatic rings. The second-order valence-electron chi connectivity index (χ2n) is 5.49. The van der Waals surface area contributed by atoms with Crippen LogP contribution in [-0.2, 0) is 14.2 Å². The van der Waals surface area contributed by atoms with Crippen molar-refractivity contribution in [2.24, 2.45) is 11.7 Å². The summed E-state index contributed by atoms with van der Waals surface area (Å²) in [5.74, 6) is -0.526. The molecule has 21 heavy (non-hydrogen) atoms. The fourth-order valence-corrected chi connectivity index (χ4v) is 2.65. The Morgan fingerprint density at radius 2 is 1.33 bits per heavy atom. The first-order valence-corrected chi connectivity index (χ1v) is 8.79. The lowest BCUT2D eigenvalue weighted by molar-refractivity contribution is -0.383. The summed E-state index contributed by atoms with van der Waals surface area (Å²) in [4.78, 5) is 0. The summed E-state index contributed by atoms with van der Waals surface area (Å²) >= 11 is 0. The van der Waals surface area contributed by atoms with Crippen molar-refractivity contribution in [3.05, 3.63) is 0 Å². The summed E-state index contributed by atoms with van der Waals surface area (Å²) in [7, 11) is 0. The van der Waals surface area contributed by atoms with Crippen LogP contribution in [-0.4, -0.2) is 32.3 Å². The molecule has 0 amide bonds. The molecule has 0 aromatic carbocycles. The SMILES string of the molecule is CCCCCCCC(CN)CC(OCC)(OCC)OCC. The minimum Gasteiger partial charge on any atom is -0.330 e. The number of nitrogens with two attached hydrogens (primary N) is 1. The third kappa shape index (κ3) is 9.46. The number of unbranched alkanes of at least 4 members (excludes halogenated alkanes) is 4. The van der Waals surface area contributed by atoms with E-state index in [0.29, 0.717) is 38.7 Å². The molecule has 0 heterocycles. The first-order valence-electron chi connectivity index (χ1n) is 8.79. The van der Waals surface area contributed by atoms with Crippen LogP contribution in [0.3, 0.4) is 0 Å². The van der Waals surface area contributed by atoms with Gasteiger partial charge in [-0.3, -0.25) is 0 Å². The molecule has 1 unspecified atom stereocenters. The van der Waals surface area contributed by atoms with Crippen molar-refractivity contribution in [1.29, 1.82) is 0 Å². The predicted octanol–water partition coefficient (Wildman–Crippen LogP) is 4.08. The lowest BCUT2D eigenvalue weighted by atomic mass is 9.96. The molecule has 0 radical (unpaired) electrons. The Kier molecular flexibility index (Phi) is 13.4. The molecule has 128 valence electrons. The lowest BCUT2D eigenvalue weighted by Gasteiger charge is -2.35. The molecule has 4 heteroatoms. The van der Waals surface area contributed by atoms with Gasteiger partial charge in [0.25, 0.3) is 5.97 Å². The minimum absolute atomic E-state index is 0.385. The fourth-order valence-electron chi connectivity index (χ4n) is 2.65. The number of ether oxygens (including phenoxy) is 3. The van der Waals surface area contributed by atoms with Crippen LogP contribution in [0.2, 0.25) is 0 Å². The van der Waals surface area contributed by atoms with Gasteiger partial charge in [-0.1, -0.05) is 39.0 Å². The summed E-state index contributed by atoms with van der Waals surface area (Å²) in [5.41, 5.74) is 5.94. The van der Waals surface area contributed by atoms with Gasteiger partial charge in [0.15, 0.2) is 0 Å². The predicted molar refractivity (Wildman–Crippen MR) is 88.1 cm³/mol. The molecule has 0 saturated carbocycles. The second-order valence-corrected chi connectivity index (χ2v) is 5.49. The normalized spacial score (nSPS) is 13.6. The lowest BCUT2D eigenvalue weighted by Crippen LogP contribution is -2.42. The summed E-state index contributed by atoms with van der Waals surface area (Å²) < 4.78 is 17.4. The van der Waals surface area contributed by atoms with E-state index in [1.54, 1.807) is 0 Å². The van der Waals surface area contributed by atoms with Crippen LogP contribution in [0, 0.1) is 5.92 Å². The average molecular weight is 303 g/mol. The number of rotatable bonds is 15. The van der Waals surface area contributed by atoms with E-state index in [2.05, 4.69) is 6.92 Å². The summed E-state index contributed by atoms with van der Waals surface area (Å²) in [5, 5.41) is 0. The highest BCUT2D eigenvalue weighted by Crippen LogP contribution is 2.27. The highest BCUT2D eigenvalue weighted by Gasteiger charge is 2.35. The zero-order valence-electron chi connectivity index (χ0n) is 14.7. The maximum atomic E-state index is 5.94. The standard InChI is InChI=1S/C17H37NO3/c1-5-9-10-11-12-13-16(15-18)14-17(19-6-2,20-7-3)21-8-4/h16H,5-15,18H2,1-4H3. The van der Waals surface area contributed by atoms with E-state index in [9.17, 15) is 0 Å². The summed E-state index contributed by atoms with van der Waals surface area (Å²) in [6, 6.07) is 0. The van der Waals surface area contributed by atoms with Crippen LogP contribution in [0.25, 0.3) is 0 Å². The van der Waals surface area contributed by atoms with Gasteiger partial charge in [-0.15, -0.1) is 0 Å². The molecule has 0 spiro atoms. The van der Waals surface area contributed by atoms with Crippen molar-refractivity contribution in [2.45, 2.75) is 78.6 Å². The van der Waals surface area contributed by atoms with Gasteiger partial charge in [0.1, 0.15) is 0 Å². The molecule has 0 fully saturated rings. The molecular formula is C17H37NO3. The van der Waals surface area contributed by atoms with E-state index >= 15 is 0 Å². The quantitative estimate of drug-likeness (QED) is 0.366. The molecule has 0 rings (SSSR count). The molecule has 0 aromatic heterocycles. The van der Waals surface area contributed by atoms with Gasteiger partial charge in [0.2, 0.25) is 0 Å². The van der Waals surface area contributed by atoms with E-state index in [-0.39, 0.29) is 0 Å². The maximum Gasteiger partial charge on any atom is 0.283 e. The molecule has 0 aliphatic heterocycles. The topological polar surface area (TPSA) is 53.7 Å². The first kappa shape index (κ1) is 20.8. The Labute approximate surface area is 131 Å². The van der Waals surface area contributed by atoms with E-state index in [1.807, 2.05) is 20.8 Å². The fraction of sp³-hybridized carbons (Fsp3) is 1.00. The van der Waals surface area contributed by atoms with Crippen molar-refractivity contribution in [3.63, 3.8) is 0 Å². The maximum absolute atomic E-state index is 5.94. The van der Waals surface area contributed by atoms with Gasteiger partial charge in [-0.2, -0.15) is 0 Å². The molecule has 0 bridgehead atoms. The first-order chi connectivity index (χ1) is 10.2. The van der Waals surface area contributed by atoms with Gasteiger partial charge in [-0.25, -0.2) is 0 Å². The van der Waals surface area contributed by atoms with Crippen molar-refractivity contribution < 1.29 is 14.2 Å². The zero-order chi connectivity index (χ0) is 16.0. The van der Waals surface area contributed by atoms with Crippen molar-refractivity contribution in [1.82, 2.24) is 0 Å². The number of hydrogen-bond donors (Lipinski definition) is 1. The third-order valence-electron chi connectivity index (χ3n) is 3.68. The molecule has 2 N–H and O–H groups in total. The van der Waals surface area contributed by atoms with Crippen LogP contribution in [0.15, 0.2) is 0 Å². The molecule has 4 nitrogen and oxygen atoms in total. The average Bonchev–Trinajstić information content (AvgIpc) is 2.46. The van der Waals surface area contributed by atoms with E-state index in [0.717, 1.165) is 6.42 Å². The van der Waals surface area contributed by atoms with E-state index in [1.165, 1.54) is 32.1 Å². The Hall–Kier alpha value is -0.160. The van der Waals surface area contributed by atoms with E-state index in [4.69, 9.17) is 19.9 Å². The van der Waals surface area contributed by atoms with E-state index < -0.39 is 5.97 Å². The molecule has 0 aliphatic rings. The second kappa shape index (κ2) is 13.5. The minimum atomic E-state index is -0.911. The van der Waals surface area contributed by atoms with Crippen LogP contribution >= 0.6 is 0 Å². The Morgan fingerprint density at radius 1 is 0.810 bits per heavy atom. The monoisotopic (exact) mass is 303 g/mol. The van der Waals surface area contributed by atoms with Crippen molar-refractivity contribution in [3.8, 4) is 0 Å². The Balaban J connectivity index is 4.39.